The number of likely N-dealkylation sites (tertiary alicyclic amines) is 1. The van der Waals surface area contributed by atoms with Gasteiger partial charge in [0.15, 0.2) is 11.5 Å². The maximum Gasteiger partial charge on any atom is 0.353 e. The molecule has 12 heteroatoms. The number of hydrogen-bond acceptors (Lipinski definition) is 8. The van der Waals surface area contributed by atoms with E-state index < -0.39 is 53.4 Å². The highest BCUT2D eigenvalue weighted by Gasteiger charge is 2.60. The molecule has 0 aromatic heterocycles. The Morgan fingerprint density at radius 2 is 1.86 bits per heavy atom. The van der Waals surface area contributed by atoms with Crippen LogP contribution in [0.3, 0.4) is 0 Å². The van der Waals surface area contributed by atoms with Gasteiger partial charge in [-0.2, -0.15) is 0 Å². The van der Waals surface area contributed by atoms with Crippen LogP contribution < -0.4 is 0 Å². The fourth-order valence-corrected chi connectivity index (χ4v) is 6.88. The number of aliphatic carboxylic acids is 1. The molecule has 3 unspecified atom stereocenters. The van der Waals surface area contributed by atoms with Gasteiger partial charge >= 0.3 is 5.97 Å². The van der Waals surface area contributed by atoms with E-state index in [0.717, 1.165) is 0 Å². The Kier molecular flexibility index (Phi) is 6.69. The molecule has 0 bridgehead atoms. The van der Waals surface area contributed by atoms with Crippen LogP contribution in [-0.4, -0.2) is 103 Å². The topological polar surface area (TPSA) is 159 Å². The zero-order valence-electron chi connectivity index (χ0n) is 20.3. The van der Waals surface area contributed by atoms with Gasteiger partial charge in [0.1, 0.15) is 11.7 Å². The number of phenolic OH excluding ortho intramolecular Hbond substituents is 2. The van der Waals surface area contributed by atoms with Gasteiger partial charge in [0.25, 0.3) is 5.91 Å². The maximum absolute atomic E-state index is 13.3. The number of rotatable bonds is 6. The van der Waals surface area contributed by atoms with Crippen LogP contribution in [-0.2, 0) is 14.4 Å². The summed E-state index contributed by atoms with van der Waals surface area (Å²) in [6.07, 6.45) is -0.688. The lowest BCUT2D eigenvalue weighted by Crippen LogP contribution is -2.63. The maximum atomic E-state index is 13.3. The second-order valence-corrected chi connectivity index (χ2v) is 11.0. The summed E-state index contributed by atoms with van der Waals surface area (Å²) < 4.78 is 0. The molecule has 36 heavy (non-hydrogen) atoms. The standard InChI is InChI=1S/C24H29N3O8S/c1-10-17-16(11(2)28)23(33)27(17)18(24(34)35)20(10)36-12-8-14(22(32)25(3)4)26(9-12)21(31)13-6-5-7-15(29)19(13)30/h5-7,10-12,14,16-17,28-30H,8-9H2,1-4H3,(H,34,35)/t10-,11?,12?,14?,16+,17+/m0/s1. The van der Waals surface area contributed by atoms with Crippen LogP contribution in [0, 0.1) is 11.8 Å². The SMILES string of the molecule is CC(O)[C@H]1C(=O)N2C(C(=O)O)=C(SC3CC(C(=O)N(C)C)N(C(=O)c4cccc(O)c4O)C3)[C@@H](C)[C@H]12. The summed E-state index contributed by atoms with van der Waals surface area (Å²) >= 11 is 1.23. The highest BCUT2D eigenvalue weighted by atomic mass is 32.2. The van der Waals surface area contributed by atoms with E-state index in [2.05, 4.69) is 0 Å². The number of fused-ring (bicyclic) bond motifs is 1. The molecular formula is C24H29N3O8S. The number of phenols is 2. The molecule has 2 saturated heterocycles. The van der Waals surface area contributed by atoms with Crippen molar-refractivity contribution in [3.8, 4) is 11.5 Å². The first-order chi connectivity index (χ1) is 16.9. The molecule has 0 spiro atoms. The molecule has 4 N–H and O–H groups in total. The lowest BCUT2D eigenvalue weighted by atomic mass is 9.79. The Balaban J connectivity index is 1.64. The third-order valence-corrected chi connectivity index (χ3v) is 8.59. The minimum Gasteiger partial charge on any atom is -0.504 e. The van der Waals surface area contributed by atoms with Crippen LogP contribution >= 0.6 is 11.8 Å². The molecule has 1 aromatic carbocycles. The number of para-hydroxylation sites is 1. The Morgan fingerprint density at radius 3 is 2.44 bits per heavy atom. The Hall–Kier alpha value is -3.25. The number of aromatic hydroxyl groups is 2. The Bertz CT molecular complexity index is 1170. The lowest BCUT2D eigenvalue weighted by molar-refractivity contribution is -0.163. The predicted molar refractivity (Wildman–Crippen MR) is 129 cm³/mol. The summed E-state index contributed by atoms with van der Waals surface area (Å²) in [5.74, 6) is -4.72. The fourth-order valence-electron chi connectivity index (χ4n) is 5.36. The first kappa shape index (κ1) is 25.8. The summed E-state index contributed by atoms with van der Waals surface area (Å²) in [6, 6.07) is 2.68. The largest absolute Gasteiger partial charge is 0.504 e. The molecule has 3 amide bonds. The average Bonchev–Trinajstić information content (AvgIpc) is 3.32. The van der Waals surface area contributed by atoms with Crippen molar-refractivity contribution in [1.29, 1.82) is 0 Å². The van der Waals surface area contributed by atoms with Gasteiger partial charge in [-0.3, -0.25) is 14.4 Å². The van der Waals surface area contributed by atoms with Gasteiger partial charge < -0.3 is 35.1 Å². The number of likely N-dealkylation sites (N-methyl/N-ethyl adjacent to an activating group) is 1. The minimum atomic E-state index is -1.25. The molecule has 3 aliphatic heterocycles. The molecule has 2 fully saturated rings. The van der Waals surface area contributed by atoms with Gasteiger partial charge in [-0.25, -0.2) is 4.79 Å². The number of β-lactam (4-membered cyclic amide) rings is 1. The van der Waals surface area contributed by atoms with Crippen molar-refractivity contribution in [3.05, 3.63) is 34.4 Å². The van der Waals surface area contributed by atoms with Crippen LogP contribution in [0.5, 0.6) is 11.5 Å². The molecule has 0 radical (unpaired) electrons. The average molecular weight is 520 g/mol. The van der Waals surface area contributed by atoms with Crippen molar-refractivity contribution in [2.24, 2.45) is 11.8 Å². The Labute approximate surface area is 212 Å². The second-order valence-electron chi connectivity index (χ2n) is 9.63. The van der Waals surface area contributed by atoms with Crippen molar-refractivity contribution in [2.45, 2.75) is 43.7 Å². The van der Waals surface area contributed by atoms with E-state index in [0.29, 0.717) is 4.91 Å². The third kappa shape index (κ3) is 3.97. The van der Waals surface area contributed by atoms with Crippen LogP contribution in [0.15, 0.2) is 28.8 Å². The molecule has 4 rings (SSSR count). The van der Waals surface area contributed by atoms with E-state index in [9.17, 15) is 39.6 Å². The summed E-state index contributed by atoms with van der Waals surface area (Å²) in [6.45, 7) is 3.40. The van der Waals surface area contributed by atoms with E-state index in [4.69, 9.17) is 0 Å². The van der Waals surface area contributed by atoms with Crippen molar-refractivity contribution in [2.75, 3.05) is 20.6 Å². The number of carboxylic acid groups (broad SMARTS) is 1. The van der Waals surface area contributed by atoms with Gasteiger partial charge in [0.05, 0.1) is 23.6 Å². The lowest BCUT2D eigenvalue weighted by Gasteiger charge is -2.46. The van der Waals surface area contributed by atoms with Crippen LogP contribution in [0.25, 0.3) is 0 Å². The van der Waals surface area contributed by atoms with Crippen molar-refractivity contribution in [3.63, 3.8) is 0 Å². The fraction of sp³-hybridized carbons (Fsp3) is 0.500. The summed E-state index contributed by atoms with van der Waals surface area (Å²) in [5.41, 5.74) is -0.267. The number of carboxylic acids is 1. The molecule has 1 aromatic rings. The van der Waals surface area contributed by atoms with Crippen molar-refractivity contribution >= 4 is 35.5 Å². The van der Waals surface area contributed by atoms with E-state index in [1.54, 1.807) is 14.1 Å². The zero-order chi connectivity index (χ0) is 26.6. The van der Waals surface area contributed by atoms with Crippen molar-refractivity contribution in [1.82, 2.24) is 14.7 Å². The zero-order valence-corrected chi connectivity index (χ0v) is 21.1. The number of aliphatic hydroxyl groups excluding tert-OH is 1. The molecule has 11 nitrogen and oxygen atoms in total. The molecule has 3 heterocycles. The Morgan fingerprint density at radius 1 is 1.19 bits per heavy atom. The number of hydrogen-bond donors (Lipinski definition) is 4. The quantitative estimate of drug-likeness (QED) is 0.313. The summed E-state index contributed by atoms with van der Waals surface area (Å²) in [5, 5.41) is 39.6. The number of thioether (sulfide) groups is 1. The minimum absolute atomic E-state index is 0.0877. The molecule has 3 aliphatic rings. The van der Waals surface area contributed by atoms with Crippen LogP contribution in [0.2, 0.25) is 0 Å². The second kappa shape index (κ2) is 9.32. The molecule has 0 saturated carbocycles. The van der Waals surface area contributed by atoms with Gasteiger partial charge in [-0.05, 0) is 25.5 Å². The first-order valence-corrected chi connectivity index (χ1v) is 12.4. The van der Waals surface area contributed by atoms with E-state index >= 15 is 0 Å². The van der Waals surface area contributed by atoms with E-state index in [-0.39, 0.29) is 41.3 Å². The van der Waals surface area contributed by atoms with Gasteiger partial charge in [0.2, 0.25) is 11.8 Å². The number of benzene rings is 1. The smallest absolute Gasteiger partial charge is 0.353 e. The number of amides is 3. The van der Waals surface area contributed by atoms with E-state index in [1.165, 1.54) is 51.6 Å². The third-order valence-electron chi connectivity index (χ3n) is 7.10. The monoisotopic (exact) mass is 519 g/mol. The van der Waals surface area contributed by atoms with Crippen LogP contribution in [0.4, 0.5) is 0 Å². The summed E-state index contributed by atoms with van der Waals surface area (Å²) in [7, 11) is 3.13. The number of nitrogens with zero attached hydrogens (tertiary/aromatic N) is 3. The highest BCUT2D eigenvalue weighted by molar-refractivity contribution is 8.03. The predicted octanol–water partition coefficient (Wildman–Crippen LogP) is 0.656. The number of aliphatic hydroxyl groups is 1. The van der Waals surface area contributed by atoms with Gasteiger partial charge in [-0.15, -0.1) is 11.8 Å². The number of carbonyl (C=O) groups excluding carboxylic acids is 3. The van der Waals surface area contributed by atoms with Gasteiger partial charge in [-0.1, -0.05) is 13.0 Å². The van der Waals surface area contributed by atoms with E-state index in [1.807, 2.05) is 6.92 Å². The van der Waals surface area contributed by atoms with Crippen molar-refractivity contribution < 1.29 is 39.6 Å². The normalized spacial score (nSPS) is 28.1. The molecule has 6 atom stereocenters. The molecule has 0 aliphatic carbocycles. The first-order valence-electron chi connectivity index (χ1n) is 11.5. The van der Waals surface area contributed by atoms with Crippen LogP contribution in [0.1, 0.15) is 30.6 Å². The molecular weight excluding hydrogens is 490 g/mol. The molecule has 194 valence electrons. The number of carbonyl (C=O) groups is 4. The van der Waals surface area contributed by atoms with Gasteiger partial charge in [0, 0.05) is 36.7 Å². The summed E-state index contributed by atoms with van der Waals surface area (Å²) in [4.78, 5) is 55.4. The highest BCUT2D eigenvalue weighted by Crippen LogP contribution is 2.52.